The normalized spacial score (nSPS) is 14.8. The number of alkyl halides is 3. The molecular formula is C32H23ClF3N3O3. The van der Waals surface area contributed by atoms with Crippen LogP contribution in [0.3, 0.4) is 0 Å². The highest BCUT2D eigenvalue weighted by Crippen LogP contribution is 2.44. The second-order valence-corrected chi connectivity index (χ2v) is 10.5. The summed E-state index contributed by atoms with van der Waals surface area (Å²) in [7, 11) is 0. The molecular weight excluding hydrogens is 567 g/mol. The molecule has 1 N–H and O–H groups in total. The minimum Gasteiger partial charge on any atom is -0.480 e. The van der Waals surface area contributed by atoms with Crippen molar-refractivity contribution in [3.05, 3.63) is 129 Å². The fraction of sp³-hybridized carbons (Fsp3) is 0.156. The molecule has 3 aromatic carbocycles. The number of hydrogen-bond acceptors (Lipinski definition) is 4. The van der Waals surface area contributed by atoms with Crippen LogP contribution in [0, 0.1) is 0 Å². The van der Waals surface area contributed by atoms with Gasteiger partial charge in [0, 0.05) is 30.9 Å². The first-order chi connectivity index (χ1) is 20.1. The minimum atomic E-state index is -4.62. The van der Waals surface area contributed by atoms with Crippen LogP contribution in [0.25, 0.3) is 21.9 Å². The third-order valence-electron chi connectivity index (χ3n) is 7.56. The molecule has 6 rings (SSSR count). The summed E-state index contributed by atoms with van der Waals surface area (Å²) in [6.45, 7) is 0.125. The van der Waals surface area contributed by atoms with E-state index in [1.165, 1.54) is 12.1 Å². The van der Waals surface area contributed by atoms with Crippen LogP contribution in [0.15, 0.2) is 96.1 Å². The van der Waals surface area contributed by atoms with Gasteiger partial charge in [-0.1, -0.05) is 66.2 Å². The number of benzene rings is 3. The number of aliphatic carboxylic acids is 1. The van der Waals surface area contributed by atoms with Crippen molar-refractivity contribution < 1.29 is 23.1 Å². The molecule has 1 atom stereocenters. The van der Waals surface area contributed by atoms with E-state index >= 15 is 0 Å². The van der Waals surface area contributed by atoms with E-state index in [0.717, 1.165) is 38.6 Å². The maximum atomic E-state index is 13.9. The first-order valence-corrected chi connectivity index (χ1v) is 13.5. The number of hydrogen-bond donors (Lipinski definition) is 1. The lowest BCUT2D eigenvalue weighted by atomic mass is 9.92. The van der Waals surface area contributed by atoms with E-state index in [1.807, 2.05) is 42.5 Å². The van der Waals surface area contributed by atoms with E-state index in [1.54, 1.807) is 29.4 Å². The van der Waals surface area contributed by atoms with Crippen LogP contribution in [0.4, 0.5) is 19.0 Å². The first-order valence-electron chi connectivity index (χ1n) is 13.1. The zero-order valence-electron chi connectivity index (χ0n) is 22.0. The van der Waals surface area contributed by atoms with Crippen molar-refractivity contribution >= 4 is 34.2 Å². The quantitative estimate of drug-likeness (QED) is 0.231. The monoisotopic (exact) mass is 589 g/mol. The van der Waals surface area contributed by atoms with Crippen molar-refractivity contribution in [2.24, 2.45) is 0 Å². The molecule has 1 aliphatic rings. The van der Waals surface area contributed by atoms with E-state index in [0.29, 0.717) is 5.56 Å². The molecule has 2 aromatic heterocycles. The Balaban J connectivity index is 1.66. The largest absolute Gasteiger partial charge is 0.480 e. The number of nitrogens with zero attached hydrogens (tertiary/aromatic N) is 3. The van der Waals surface area contributed by atoms with E-state index in [9.17, 15) is 27.9 Å². The lowest BCUT2D eigenvalue weighted by molar-refractivity contribution is -0.140. The van der Waals surface area contributed by atoms with Crippen LogP contribution in [0.5, 0.6) is 0 Å². The van der Waals surface area contributed by atoms with Gasteiger partial charge in [-0.15, -0.1) is 0 Å². The molecule has 0 saturated carbocycles. The summed E-state index contributed by atoms with van der Waals surface area (Å²) in [5.74, 6) is -1.04. The van der Waals surface area contributed by atoms with Gasteiger partial charge in [0.25, 0.3) is 5.56 Å². The molecule has 3 heterocycles. The number of rotatable bonds is 6. The molecule has 0 aliphatic carbocycles. The summed E-state index contributed by atoms with van der Waals surface area (Å²) in [6, 6.07) is 20.4. The van der Waals surface area contributed by atoms with Crippen molar-refractivity contribution in [3.8, 4) is 11.1 Å². The third-order valence-corrected chi connectivity index (χ3v) is 7.95. The highest BCUT2D eigenvalue weighted by Gasteiger charge is 2.39. The van der Waals surface area contributed by atoms with Crippen molar-refractivity contribution in [2.75, 3.05) is 11.4 Å². The van der Waals surface area contributed by atoms with Gasteiger partial charge in [-0.25, -0.2) is 4.79 Å². The molecule has 1 aliphatic heterocycles. The zero-order valence-corrected chi connectivity index (χ0v) is 22.7. The van der Waals surface area contributed by atoms with E-state index in [2.05, 4.69) is 4.98 Å². The van der Waals surface area contributed by atoms with E-state index in [4.69, 9.17) is 11.6 Å². The van der Waals surface area contributed by atoms with Crippen molar-refractivity contribution in [1.82, 2.24) is 9.55 Å². The van der Waals surface area contributed by atoms with Gasteiger partial charge in [0.15, 0.2) is 6.04 Å². The van der Waals surface area contributed by atoms with E-state index < -0.39 is 29.3 Å². The van der Waals surface area contributed by atoms with Crippen molar-refractivity contribution in [1.29, 1.82) is 0 Å². The van der Waals surface area contributed by atoms with Crippen molar-refractivity contribution in [2.45, 2.75) is 25.2 Å². The lowest BCUT2D eigenvalue weighted by Crippen LogP contribution is -2.29. The standard InChI is InChI=1S/C32H23ClF3N3O3/c33-28-25(16-21-7-3-6-20-5-1-2-10-24(20)21)27(22-8-4-9-23(15-22)32(34,35)36)29-38(17-19-11-13-37-14-12-19)18-26(31(41)42)39(29)30(28)40/h1-15,26H,16-18H2,(H,41,42). The molecule has 0 fully saturated rings. The van der Waals surface area contributed by atoms with Crippen LogP contribution < -0.4 is 10.5 Å². The van der Waals surface area contributed by atoms with Crippen LogP contribution >= 0.6 is 11.6 Å². The fourth-order valence-corrected chi connectivity index (χ4v) is 5.92. The van der Waals surface area contributed by atoms with Gasteiger partial charge in [0.05, 0.1) is 12.1 Å². The molecule has 1 unspecified atom stereocenters. The lowest BCUT2D eigenvalue weighted by Gasteiger charge is -2.25. The number of anilines is 1. The van der Waals surface area contributed by atoms with Gasteiger partial charge in [-0.2, -0.15) is 13.2 Å². The Bertz CT molecular complexity index is 1880. The van der Waals surface area contributed by atoms with Crippen molar-refractivity contribution in [3.63, 3.8) is 0 Å². The second-order valence-electron chi connectivity index (χ2n) is 10.1. The summed E-state index contributed by atoms with van der Waals surface area (Å²) in [5.41, 5.74) is 0.826. The highest BCUT2D eigenvalue weighted by molar-refractivity contribution is 6.32. The molecule has 212 valence electrons. The predicted molar refractivity (Wildman–Crippen MR) is 155 cm³/mol. The summed E-state index contributed by atoms with van der Waals surface area (Å²) in [6.07, 6.45) is -1.30. The number of aromatic nitrogens is 2. The topological polar surface area (TPSA) is 75.4 Å². The Morgan fingerprint density at radius 3 is 2.45 bits per heavy atom. The Kier molecular flexibility index (Phi) is 6.98. The van der Waals surface area contributed by atoms with Gasteiger partial charge < -0.3 is 10.0 Å². The van der Waals surface area contributed by atoms with Gasteiger partial charge in [0.1, 0.15) is 10.8 Å². The van der Waals surface area contributed by atoms with Crippen LogP contribution in [0.2, 0.25) is 5.02 Å². The second kappa shape index (κ2) is 10.6. The molecule has 0 amide bonds. The molecule has 42 heavy (non-hydrogen) atoms. The predicted octanol–water partition coefficient (Wildman–Crippen LogP) is 6.97. The number of halogens is 4. The first kappa shape index (κ1) is 27.5. The molecule has 5 aromatic rings. The average molecular weight is 590 g/mol. The van der Waals surface area contributed by atoms with Crippen LogP contribution in [0.1, 0.15) is 28.3 Å². The summed E-state index contributed by atoms with van der Waals surface area (Å²) in [4.78, 5) is 31.9. The van der Waals surface area contributed by atoms with Crippen LogP contribution in [-0.4, -0.2) is 27.2 Å². The number of pyridine rings is 2. The number of carboxylic acids is 1. The number of fused-ring (bicyclic) bond motifs is 2. The van der Waals surface area contributed by atoms with Gasteiger partial charge >= 0.3 is 12.1 Å². The van der Waals surface area contributed by atoms with Gasteiger partial charge in [-0.05, 0) is 57.3 Å². The molecule has 10 heteroatoms. The molecule has 0 spiro atoms. The highest BCUT2D eigenvalue weighted by atomic mass is 35.5. The summed E-state index contributed by atoms with van der Waals surface area (Å²) < 4.78 is 42.7. The molecule has 6 nitrogen and oxygen atoms in total. The zero-order chi connectivity index (χ0) is 29.6. The third kappa shape index (κ3) is 4.90. The summed E-state index contributed by atoms with van der Waals surface area (Å²) in [5, 5.41) is 11.7. The Hall–Kier alpha value is -4.63. The summed E-state index contributed by atoms with van der Waals surface area (Å²) >= 11 is 6.77. The Morgan fingerprint density at radius 1 is 1.00 bits per heavy atom. The SMILES string of the molecule is O=C(O)C1CN(Cc2ccncc2)c2c(-c3cccc(C(F)(F)F)c3)c(Cc3cccc4ccccc34)c(Cl)c(=O)n21. The number of carbonyl (C=O) groups is 1. The molecule has 0 saturated heterocycles. The van der Waals surface area contributed by atoms with E-state index in [-0.39, 0.29) is 41.5 Å². The smallest absolute Gasteiger partial charge is 0.416 e. The maximum absolute atomic E-state index is 13.9. The molecule has 0 radical (unpaired) electrons. The number of carboxylic acid groups (broad SMARTS) is 1. The Labute approximate surface area is 243 Å². The molecule has 0 bridgehead atoms. The average Bonchev–Trinajstić information content (AvgIpc) is 3.35. The Morgan fingerprint density at radius 2 is 1.71 bits per heavy atom. The maximum Gasteiger partial charge on any atom is 0.416 e. The van der Waals surface area contributed by atoms with Gasteiger partial charge in [-0.3, -0.25) is 14.3 Å². The van der Waals surface area contributed by atoms with Gasteiger partial charge in [0.2, 0.25) is 0 Å². The van der Waals surface area contributed by atoms with Crippen LogP contribution in [-0.2, 0) is 23.9 Å². The minimum absolute atomic E-state index is 0.0765. The fourth-order valence-electron chi connectivity index (χ4n) is 5.67.